The van der Waals surface area contributed by atoms with E-state index in [9.17, 15) is 4.79 Å². The number of halogens is 2. The number of hydrogen-bond donors (Lipinski definition) is 1. The quantitative estimate of drug-likeness (QED) is 0.867. The van der Waals surface area contributed by atoms with Gasteiger partial charge in [0.25, 0.3) is 0 Å². The van der Waals surface area contributed by atoms with E-state index in [-0.39, 0.29) is 12.2 Å². The van der Waals surface area contributed by atoms with E-state index in [2.05, 4.69) is 22.5 Å². The summed E-state index contributed by atoms with van der Waals surface area (Å²) in [5.41, 5.74) is -0.0195. The molecule has 0 aliphatic carbocycles. The lowest BCUT2D eigenvalue weighted by molar-refractivity contribution is -0.133. The average Bonchev–Trinajstić information content (AvgIpc) is 2.15. The maximum atomic E-state index is 10.4. The first kappa shape index (κ1) is 12.1. The van der Waals surface area contributed by atoms with Gasteiger partial charge >= 0.3 is 5.97 Å². The lowest BCUT2D eigenvalue weighted by atomic mass is 10.3. The average molecular weight is 292 g/mol. The van der Waals surface area contributed by atoms with Crippen LogP contribution in [-0.2, 0) is 4.79 Å². The number of ether oxygens (including phenoxy) is 1. The first-order chi connectivity index (χ1) is 7.00. The van der Waals surface area contributed by atoms with E-state index in [1.807, 2.05) is 0 Å². The minimum absolute atomic E-state index is 0.0195. The molecule has 80 valence electrons. The van der Waals surface area contributed by atoms with Crippen LogP contribution in [0.5, 0.6) is 5.75 Å². The van der Waals surface area contributed by atoms with Crippen molar-refractivity contribution < 1.29 is 14.6 Å². The molecular formula is C10H8BrClO3. The first-order valence-electron chi connectivity index (χ1n) is 3.99. The van der Waals surface area contributed by atoms with Crippen LogP contribution >= 0.6 is 27.5 Å². The maximum Gasteiger partial charge on any atom is 0.334 e. The number of rotatable bonds is 4. The summed E-state index contributed by atoms with van der Waals surface area (Å²) >= 11 is 9.11. The number of aliphatic carboxylic acids is 1. The van der Waals surface area contributed by atoms with Crippen molar-refractivity contribution >= 4 is 33.5 Å². The third kappa shape index (κ3) is 3.57. The molecule has 0 heterocycles. The monoisotopic (exact) mass is 290 g/mol. The second-order valence-electron chi connectivity index (χ2n) is 2.77. The summed E-state index contributed by atoms with van der Waals surface area (Å²) in [6.07, 6.45) is 0. The molecule has 0 aliphatic heterocycles. The van der Waals surface area contributed by atoms with E-state index in [1.54, 1.807) is 18.2 Å². The SMILES string of the molecule is C=C(COc1ccc(Br)cc1Cl)C(=O)O. The fourth-order valence-electron chi connectivity index (χ4n) is 0.819. The molecule has 1 aromatic rings. The van der Waals surface area contributed by atoms with Gasteiger partial charge in [0.2, 0.25) is 0 Å². The van der Waals surface area contributed by atoms with Crippen molar-refractivity contribution in [2.45, 2.75) is 0 Å². The second kappa shape index (κ2) is 5.19. The van der Waals surface area contributed by atoms with Crippen molar-refractivity contribution in [1.82, 2.24) is 0 Å². The largest absolute Gasteiger partial charge is 0.487 e. The molecule has 0 bridgehead atoms. The van der Waals surface area contributed by atoms with E-state index in [0.29, 0.717) is 10.8 Å². The number of benzene rings is 1. The molecule has 0 radical (unpaired) electrons. The highest BCUT2D eigenvalue weighted by Crippen LogP contribution is 2.27. The van der Waals surface area contributed by atoms with E-state index in [4.69, 9.17) is 21.4 Å². The fourth-order valence-corrected chi connectivity index (χ4v) is 1.55. The molecule has 0 unspecified atom stereocenters. The summed E-state index contributed by atoms with van der Waals surface area (Å²) in [7, 11) is 0. The zero-order chi connectivity index (χ0) is 11.4. The molecule has 0 saturated heterocycles. The van der Waals surface area contributed by atoms with Gasteiger partial charge < -0.3 is 9.84 Å². The lowest BCUT2D eigenvalue weighted by Gasteiger charge is -2.07. The minimum atomic E-state index is -1.08. The third-order valence-electron chi connectivity index (χ3n) is 1.60. The van der Waals surface area contributed by atoms with Gasteiger partial charge in [-0.15, -0.1) is 0 Å². The summed E-state index contributed by atoms with van der Waals surface area (Å²) in [4.78, 5) is 10.4. The van der Waals surface area contributed by atoms with Crippen LogP contribution in [-0.4, -0.2) is 17.7 Å². The molecule has 0 amide bonds. The van der Waals surface area contributed by atoms with Gasteiger partial charge in [0, 0.05) is 4.47 Å². The van der Waals surface area contributed by atoms with Gasteiger partial charge in [-0.1, -0.05) is 34.1 Å². The van der Waals surface area contributed by atoms with Crippen molar-refractivity contribution in [1.29, 1.82) is 0 Å². The summed E-state index contributed by atoms with van der Waals surface area (Å²) in [5, 5.41) is 8.97. The summed E-state index contributed by atoms with van der Waals surface area (Å²) in [5.74, 6) is -0.648. The zero-order valence-corrected chi connectivity index (χ0v) is 10.0. The highest BCUT2D eigenvalue weighted by atomic mass is 79.9. The summed E-state index contributed by atoms with van der Waals surface area (Å²) < 4.78 is 6.01. The Kier molecular flexibility index (Phi) is 4.17. The molecule has 0 atom stereocenters. The van der Waals surface area contributed by atoms with Crippen LogP contribution in [0.15, 0.2) is 34.8 Å². The number of carboxylic acids is 1. The van der Waals surface area contributed by atoms with E-state index >= 15 is 0 Å². The van der Waals surface area contributed by atoms with Crippen LogP contribution in [0.2, 0.25) is 5.02 Å². The topological polar surface area (TPSA) is 46.5 Å². The Hall–Kier alpha value is -1.00. The molecule has 0 spiro atoms. The summed E-state index contributed by atoms with van der Waals surface area (Å²) in [6.45, 7) is 3.25. The normalized spacial score (nSPS) is 9.73. The van der Waals surface area contributed by atoms with E-state index < -0.39 is 5.97 Å². The van der Waals surface area contributed by atoms with E-state index in [0.717, 1.165) is 4.47 Å². The highest BCUT2D eigenvalue weighted by molar-refractivity contribution is 9.10. The predicted octanol–water partition coefficient (Wildman–Crippen LogP) is 3.12. The van der Waals surface area contributed by atoms with Gasteiger partial charge in [0.05, 0.1) is 10.6 Å². The molecule has 0 saturated carbocycles. The highest BCUT2D eigenvalue weighted by Gasteiger charge is 2.07. The Balaban J connectivity index is 2.66. The minimum Gasteiger partial charge on any atom is -0.487 e. The van der Waals surface area contributed by atoms with Gasteiger partial charge in [0.15, 0.2) is 0 Å². The molecule has 1 aromatic carbocycles. The van der Waals surface area contributed by atoms with Gasteiger partial charge in [-0.3, -0.25) is 0 Å². The molecule has 0 aromatic heterocycles. The number of carbonyl (C=O) groups is 1. The van der Waals surface area contributed by atoms with Crippen molar-refractivity contribution in [2.75, 3.05) is 6.61 Å². The van der Waals surface area contributed by atoms with Crippen LogP contribution in [0.4, 0.5) is 0 Å². The van der Waals surface area contributed by atoms with E-state index in [1.165, 1.54) is 0 Å². The predicted molar refractivity (Wildman–Crippen MR) is 61.4 cm³/mol. The van der Waals surface area contributed by atoms with Crippen LogP contribution in [0.25, 0.3) is 0 Å². The van der Waals surface area contributed by atoms with Crippen LogP contribution in [0.3, 0.4) is 0 Å². The Morgan fingerprint density at radius 3 is 2.80 bits per heavy atom. The van der Waals surface area contributed by atoms with Gasteiger partial charge in [-0.25, -0.2) is 4.79 Å². The van der Waals surface area contributed by atoms with Crippen LogP contribution < -0.4 is 4.74 Å². The Morgan fingerprint density at radius 2 is 2.27 bits per heavy atom. The van der Waals surface area contributed by atoms with Crippen molar-refractivity contribution in [3.05, 3.63) is 39.8 Å². The Morgan fingerprint density at radius 1 is 1.60 bits per heavy atom. The van der Waals surface area contributed by atoms with Gasteiger partial charge in [-0.2, -0.15) is 0 Å². The molecule has 0 aliphatic rings. The third-order valence-corrected chi connectivity index (χ3v) is 2.39. The standard InChI is InChI=1S/C10H8BrClO3/c1-6(10(13)14)5-15-9-3-2-7(11)4-8(9)12/h2-4H,1,5H2,(H,13,14). The maximum absolute atomic E-state index is 10.4. The lowest BCUT2D eigenvalue weighted by Crippen LogP contribution is -2.08. The first-order valence-corrected chi connectivity index (χ1v) is 5.16. The fraction of sp³-hybridized carbons (Fsp3) is 0.100. The van der Waals surface area contributed by atoms with Crippen molar-refractivity contribution in [3.8, 4) is 5.75 Å². The van der Waals surface area contributed by atoms with Crippen LogP contribution in [0.1, 0.15) is 0 Å². The summed E-state index contributed by atoms with van der Waals surface area (Å²) in [6, 6.07) is 5.08. The molecule has 1 rings (SSSR count). The molecule has 0 fully saturated rings. The Bertz CT molecular complexity index is 404. The smallest absolute Gasteiger partial charge is 0.334 e. The number of hydrogen-bond acceptors (Lipinski definition) is 2. The molecular weight excluding hydrogens is 283 g/mol. The molecule has 3 nitrogen and oxygen atoms in total. The molecule has 1 N–H and O–H groups in total. The zero-order valence-electron chi connectivity index (χ0n) is 7.67. The van der Waals surface area contributed by atoms with Crippen molar-refractivity contribution in [3.63, 3.8) is 0 Å². The van der Waals surface area contributed by atoms with Gasteiger partial charge in [-0.05, 0) is 18.2 Å². The second-order valence-corrected chi connectivity index (χ2v) is 4.10. The van der Waals surface area contributed by atoms with Gasteiger partial charge in [0.1, 0.15) is 12.4 Å². The van der Waals surface area contributed by atoms with Crippen molar-refractivity contribution in [2.24, 2.45) is 0 Å². The number of carboxylic acid groups (broad SMARTS) is 1. The molecule has 5 heteroatoms. The molecule has 15 heavy (non-hydrogen) atoms. The Labute approximate surface area is 100 Å². The van der Waals surface area contributed by atoms with Crippen LogP contribution in [0, 0.1) is 0 Å².